The zero-order chi connectivity index (χ0) is 22.3. The number of alkyl halides is 3. The highest BCUT2D eigenvalue weighted by Gasteiger charge is 2.29. The first-order valence-electron chi connectivity index (χ1n) is 8.75. The average Bonchev–Trinajstić information content (AvgIpc) is 2.68. The summed E-state index contributed by atoms with van der Waals surface area (Å²) in [6, 6.07) is 8.68. The molecule has 0 aliphatic heterocycles. The first-order chi connectivity index (χ1) is 14.1. The summed E-state index contributed by atoms with van der Waals surface area (Å²) in [5.41, 5.74) is 1.89. The highest BCUT2D eigenvalue weighted by molar-refractivity contribution is 6.02. The second kappa shape index (κ2) is 9.73. The van der Waals surface area contributed by atoms with Crippen LogP contribution < -0.4 is 10.6 Å². The maximum absolute atomic E-state index is 12.5. The minimum atomic E-state index is -4.45. The molecule has 0 aliphatic rings. The number of carbonyl (C=O) groups is 3. The number of nitrogens with one attached hydrogen (secondary N) is 2. The van der Waals surface area contributed by atoms with E-state index >= 15 is 0 Å². The molecule has 0 radical (unpaired) electrons. The Hall–Kier alpha value is -3.62. The van der Waals surface area contributed by atoms with E-state index in [1.165, 1.54) is 18.2 Å². The summed E-state index contributed by atoms with van der Waals surface area (Å²) in [6.07, 6.45) is -2.24. The molecule has 3 amide bonds. The van der Waals surface area contributed by atoms with E-state index in [4.69, 9.17) is 4.74 Å². The van der Waals surface area contributed by atoms with Gasteiger partial charge in [-0.15, -0.1) is 0 Å². The number of imide groups is 1. The smallest absolute Gasteiger partial charge is 0.416 e. The molecule has 0 bridgehead atoms. The van der Waals surface area contributed by atoms with Crippen LogP contribution in [-0.2, 0) is 20.5 Å². The van der Waals surface area contributed by atoms with Gasteiger partial charge in [0.1, 0.15) is 0 Å². The van der Waals surface area contributed by atoms with Gasteiger partial charge in [0.2, 0.25) is 0 Å². The molecule has 30 heavy (non-hydrogen) atoms. The molecule has 2 N–H and O–H groups in total. The Morgan fingerprint density at radius 2 is 1.70 bits per heavy atom. The summed E-state index contributed by atoms with van der Waals surface area (Å²) in [4.78, 5) is 35.2. The van der Waals surface area contributed by atoms with Gasteiger partial charge in [0.05, 0.1) is 5.56 Å². The van der Waals surface area contributed by atoms with E-state index < -0.39 is 36.3 Å². The lowest BCUT2D eigenvalue weighted by Crippen LogP contribution is -2.37. The number of esters is 1. The van der Waals surface area contributed by atoms with E-state index in [2.05, 4.69) is 5.32 Å². The lowest BCUT2D eigenvalue weighted by molar-refractivity contribution is -0.143. The van der Waals surface area contributed by atoms with Crippen molar-refractivity contribution in [3.8, 4) is 0 Å². The molecule has 0 saturated heterocycles. The topological polar surface area (TPSA) is 84.5 Å². The second-order valence-corrected chi connectivity index (χ2v) is 6.31. The molecule has 0 unspecified atom stereocenters. The van der Waals surface area contributed by atoms with Gasteiger partial charge >= 0.3 is 18.2 Å². The number of anilines is 1. The van der Waals surface area contributed by atoms with E-state index in [-0.39, 0.29) is 0 Å². The molecule has 0 saturated carbocycles. The summed E-state index contributed by atoms with van der Waals surface area (Å²) < 4.78 is 42.2. The van der Waals surface area contributed by atoms with Gasteiger partial charge in [-0.2, -0.15) is 13.2 Å². The van der Waals surface area contributed by atoms with Crippen LogP contribution in [0, 0.1) is 13.8 Å². The number of ether oxygens (including phenoxy) is 1. The molecule has 0 spiro atoms. The fourth-order valence-electron chi connectivity index (χ4n) is 2.34. The average molecular weight is 420 g/mol. The third-order valence-electron chi connectivity index (χ3n) is 4.10. The number of hydrogen-bond donors (Lipinski definition) is 2. The number of urea groups is 1. The van der Waals surface area contributed by atoms with Crippen molar-refractivity contribution >= 4 is 29.7 Å². The van der Waals surface area contributed by atoms with Crippen molar-refractivity contribution in [1.82, 2.24) is 5.32 Å². The van der Waals surface area contributed by atoms with Crippen LogP contribution in [0.3, 0.4) is 0 Å². The maximum atomic E-state index is 12.5. The number of halogens is 3. The van der Waals surface area contributed by atoms with Crippen LogP contribution in [0.1, 0.15) is 22.3 Å². The monoisotopic (exact) mass is 420 g/mol. The predicted molar refractivity (Wildman–Crippen MR) is 105 cm³/mol. The highest BCUT2D eigenvalue weighted by atomic mass is 19.4. The molecule has 2 aromatic rings. The van der Waals surface area contributed by atoms with Crippen molar-refractivity contribution in [3.05, 3.63) is 70.8 Å². The summed E-state index contributed by atoms with van der Waals surface area (Å²) >= 11 is 0. The Bertz CT molecular complexity index is 967. The van der Waals surface area contributed by atoms with E-state index in [1.807, 2.05) is 25.2 Å². The minimum absolute atomic E-state index is 0.345. The lowest BCUT2D eigenvalue weighted by atomic mass is 10.1. The van der Waals surface area contributed by atoms with Gasteiger partial charge in [-0.1, -0.05) is 24.3 Å². The van der Waals surface area contributed by atoms with E-state index in [1.54, 1.807) is 12.1 Å². The number of benzene rings is 2. The van der Waals surface area contributed by atoms with Crippen molar-refractivity contribution < 1.29 is 32.3 Å². The van der Waals surface area contributed by atoms with Crippen LogP contribution in [0.15, 0.2) is 48.5 Å². The number of rotatable bonds is 5. The van der Waals surface area contributed by atoms with Gasteiger partial charge in [0.15, 0.2) is 6.61 Å². The van der Waals surface area contributed by atoms with E-state index in [0.29, 0.717) is 11.3 Å². The second-order valence-electron chi connectivity index (χ2n) is 6.31. The maximum Gasteiger partial charge on any atom is 0.416 e. The molecular weight excluding hydrogens is 401 g/mol. The van der Waals surface area contributed by atoms with E-state index in [0.717, 1.165) is 29.3 Å². The van der Waals surface area contributed by atoms with Crippen LogP contribution in [0.2, 0.25) is 0 Å². The molecule has 0 fully saturated rings. The Kier molecular flexibility index (Phi) is 7.35. The molecule has 2 rings (SSSR count). The van der Waals surface area contributed by atoms with Crippen LogP contribution in [0.5, 0.6) is 0 Å². The Labute approximate surface area is 170 Å². The van der Waals surface area contributed by atoms with Gasteiger partial charge in [0.25, 0.3) is 5.91 Å². The standard InChI is InChI=1S/C21H19F3N2O4/c1-13-4-3-5-17(14(13)2)25-20(29)26-18(27)12-30-19(28)11-8-15-6-9-16(10-7-15)21(22,23)24/h3-11H,12H2,1-2H3,(H2,25,26,27,29)/b11-8+. The number of carbonyl (C=O) groups excluding carboxylic acids is 3. The Morgan fingerprint density at radius 1 is 1.03 bits per heavy atom. The molecule has 0 aliphatic carbocycles. The van der Waals surface area contributed by atoms with Gasteiger partial charge in [-0.05, 0) is 54.8 Å². The number of aryl methyl sites for hydroxylation is 1. The van der Waals surface area contributed by atoms with Gasteiger partial charge in [0, 0.05) is 11.8 Å². The third-order valence-corrected chi connectivity index (χ3v) is 4.10. The number of hydrogen-bond acceptors (Lipinski definition) is 4. The van der Waals surface area contributed by atoms with Crippen molar-refractivity contribution in [3.63, 3.8) is 0 Å². The molecule has 0 atom stereocenters. The summed E-state index contributed by atoms with van der Waals surface area (Å²) in [6.45, 7) is 3.00. The van der Waals surface area contributed by atoms with Crippen molar-refractivity contribution in [2.24, 2.45) is 0 Å². The molecule has 6 nitrogen and oxygen atoms in total. The molecule has 0 aromatic heterocycles. The minimum Gasteiger partial charge on any atom is -0.452 e. The van der Waals surface area contributed by atoms with Gasteiger partial charge in [-0.25, -0.2) is 9.59 Å². The van der Waals surface area contributed by atoms with Crippen molar-refractivity contribution in [2.45, 2.75) is 20.0 Å². The van der Waals surface area contributed by atoms with Crippen molar-refractivity contribution in [2.75, 3.05) is 11.9 Å². The van der Waals surface area contributed by atoms with Crippen LogP contribution in [0.4, 0.5) is 23.7 Å². The van der Waals surface area contributed by atoms with Crippen LogP contribution in [-0.4, -0.2) is 24.5 Å². The zero-order valence-electron chi connectivity index (χ0n) is 16.2. The molecule has 0 heterocycles. The van der Waals surface area contributed by atoms with E-state index in [9.17, 15) is 27.6 Å². The SMILES string of the molecule is Cc1cccc(NC(=O)NC(=O)COC(=O)/C=C/c2ccc(C(F)(F)F)cc2)c1C. The fourth-order valence-corrected chi connectivity index (χ4v) is 2.34. The quantitative estimate of drug-likeness (QED) is 0.560. The normalized spacial score (nSPS) is 11.2. The largest absolute Gasteiger partial charge is 0.452 e. The highest BCUT2D eigenvalue weighted by Crippen LogP contribution is 2.29. The Morgan fingerprint density at radius 3 is 2.33 bits per heavy atom. The third kappa shape index (κ3) is 6.77. The molecule has 158 valence electrons. The Balaban J connectivity index is 1.80. The summed E-state index contributed by atoms with van der Waals surface area (Å²) in [5, 5.41) is 4.55. The molecule has 2 aromatic carbocycles. The fraction of sp³-hybridized carbons (Fsp3) is 0.190. The summed E-state index contributed by atoms with van der Waals surface area (Å²) in [7, 11) is 0. The van der Waals surface area contributed by atoms with Crippen LogP contribution in [0.25, 0.3) is 6.08 Å². The molecule has 9 heteroatoms. The summed E-state index contributed by atoms with van der Waals surface area (Å²) in [5.74, 6) is -1.73. The molecular formula is C21H19F3N2O4. The van der Waals surface area contributed by atoms with Gasteiger partial charge < -0.3 is 10.1 Å². The zero-order valence-corrected chi connectivity index (χ0v) is 16.2. The van der Waals surface area contributed by atoms with Crippen LogP contribution >= 0.6 is 0 Å². The predicted octanol–water partition coefficient (Wildman–Crippen LogP) is 4.23. The first-order valence-corrected chi connectivity index (χ1v) is 8.75. The number of amides is 3. The first kappa shape index (κ1) is 22.7. The lowest BCUT2D eigenvalue weighted by Gasteiger charge is -2.10. The van der Waals surface area contributed by atoms with Gasteiger partial charge in [-0.3, -0.25) is 10.1 Å². The van der Waals surface area contributed by atoms with Crippen molar-refractivity contribution in [1.29, 1.82) is 0 Å².